The lowest BCUT2D eigenvalue weighted by Gasteiger charge is -2.24. The molecule has 1 saturated heterocycles. The summed E-state index contributed by atoms with van der Waals surface area (Å²) in [6.45, 7) is 5.95. The van der Waals surface area contributed by atoms with Gasteiger partial charge in [0.25, 0.3) is 0 Å². The van der Waals surface area contributed by atoms with E-state index in [1.165, 1.54) is 6.42 Å². The Labute approximate surface area is 159 Å². The summed E-state index contributed by atoms with van der Waals surface area (Å²) in [7, 11) is 1.68. The Balaban J connectivity index is 1.91. The van der Waals surface area contributed by atoms with Gasteiger partial charge in [0.1, 0.15) is 5.75 Å². The van der Waals surface area contributed by atoms with Crippen molar-refractivity contribution in [2.75, 3.05) is 33.3 Å². The Kier molecular flexibility index (Phi) is 7.77. The number of hydrogen-bond acceptors (Lipinski definition) is 3. The average molecular weight is 386 g/mol. The fraction of sp³-hybridized carbons (Fsp3) is 0.632. The summed E-state index contributed by atoms with van der Waals surface area (Å²) in [6, 6.07) is 5.73. The summed E-state index contributed by atoms with van der Waals surface area (Å²) < 4.78 is 42.4. The molecule has 27 heavy (non-hydrogen) atoms. The van der Waals surface area contributed by atoms with Gasteiger partial charge in [-0.15, -0.1) is 0 Å². The molecule has 1 fully saturated rings. The predicted molar refractivity (Wildman–Crippen MR) is 101 cm³/mol. The highest BCUT2D eigenvalue weighted by Gasteiger charge is 2.29. The molecule has 0 aromatic heterocycles. The van der Waals surface area contributed by atoms with Crippen molar-refractivity contribution < 1.29 is 17.9 Å². The second-order valence-electron chi connectivity index (χ2n) is 6.75. The fourth-order valence-electron chi connectivity index (χ4n) is 3.26. The molecule has 0 amide bonds. The molecule has 2 N–H and O–H groups in total. The number of ether oxygens (including phenoxy) is 1. The molecule has 8 heteroatoms. The molecule has 1 unspecified atom stereocenters. The molecule has 1 aliphatic heterocycles. The van der Waals surface area contributed by atoms with E-state index in [1.807, 2.05) is 13.0 Å². The van der Waals surface area contributed by atoms with Gasteiger partial charge in [0, 0.05) is 31.7 Å². The van der Waals surface area contributed by atoms with Crippen LogP contribution in [-0.4, -0.2) is 56.4 Å². The van der Waals surface area contributed by atoms with Crippen LogP contribution < -0.4 is 15.4 Å². The van der Waals surface area contributed by atoms with Crippen molar-refractivity contribution >= 4 is 5.96 Å². The monoisotopic (exact) mass is 386 g/mol. The maximum Gasteiger partial charge on any atom is 0.422 e. The number of guanidine groups is 1. The van der Waals surface area contributed by atoms with Crippen LogP contribution in [0.5, 0.6) is 5.75 Å². The second kappa shape index (κ2) is 9.82. The summed E-state index contributed by atoms with van der Waals surface area (Å²) in [4.78, 5) is 6.64. The van der Waals surface area contributed by atoms with Crippen molar-refractivity contribution in [3.8, 4) is 5.75 Å². The van der Waals surface area contributed by atoms with Gasteiger partial charge in [-0.1, -0.05) is 19.1 Å². The minimum Gasteiger partial charge on any atom is -0.484 e. The zero-order chi connectivity index (χ0) is 19.9. The largest absolute Gasteiger partial charge is 0.484 e. The Bertz CT molecular complexity index is 634. The van der Waals surface area contributed by atoms with Crippen LogP contribution in [0.15, 0.2) is 23.2 Å². The first-order valence-electron chi connectivity index (χ1n) is 9.30. The molecule has 0 spiro atoms. The lowest BCUT2D eigenvalue weighted by Crippen LogP contribution is -2.44. The third kappa shape index (κ3) is 6.93. The first-order chi connectivity index (χ1) is 12.8. The Morgan fingerprint density at radius 1 is 1.33 bits per heavy atom. The van der Waals surface area contributed by atoms with Crippen LogP contribution >= 0.6 is 0 Å². The van der Waals surface area contributed by atoms with Gasteiger partial charge < -0.3 is 15.4 Å². The standard InChI is InChI=1S/C19H29F3N4O/c1-4-26-9-5-6-16(26)12-25-18(23-3)24-11-15-8-7-14(2)10-17(15)27-13-19(20,21)22/h7-8,10,16H,4-6,9,11-13H2,1-3H3,(H2,23,24,25). The molecular formula is C19H29F3N4O. The Morgan fingerprint density at radius 2 is 2.11 bits per heavy atom. The van der Waals surface area contributed by atoms with Gasteiger partial charge in [0.05, 0.1) is 0 Å². The third-order valence-corrected chi connectivity index (χ3v) is 4.69. The molecule has 1 atom stereocenters. The van der Waals surface area contributed by atoms with Crippen molar-refractivity contribution in [1.82, 2.24) is 15.5 Å². The van der Waals surface area contributed by atoms with Crippen LogP contribution in [0.3, 0.4) is 0 Å². The lowest BCUT2D eigenvalue weighted by atomic mass is 10.1. The quantitative estimate of drug-likeness (QED) is 0.559. The summed E-state index contributed by atoms with van der Waals surface area (Å²) in [6.07, 6.45) is -2.00. The molecule has 152 valence electrons. The van der Waals surface area contributed by atoms with E-state index in [0.29, 0.717) is 24.1 Å². The molecule has 0 saturated carbocycles. The molecule has 0 bridgehead atoms. The van der Waals surface area contributed by atoms with Gasteiger partial charge in [-0.25, -0.2) is 0 Å². The zero-order valence-corrected chi connectivity index (χ0v) is 16.2. The topological polar surface area (TPSA) is 48.9 Å². The van der Waals surface area contributed by atoms with Crippen LogP contribution in [0.25, 0.3) is 0 Å². The minimum atomic E-state index is -4.36. The number of halogens is 3. The number of rotatable bonds is 7. The number of benzene rings is 1. The van der Waals surface area contributed by atoms with E-state index in [9.17, 15) is 13.2 Å². The first-order valence-corrected chi connectivity index (χ1v) is 9.30. The summed E-state index contributed by atoms with van der Waals surface area (Å²) in [5.41, 5.74) is 1.50. The molecule has 1 aromatic rings. The van der Waals surface area contributed by atoms with Gasteiger partial charge in [-0.2, -0.15) is 13.2 Å². The highest BCUT2D eigenvalue weighted by atomic mass is 19.4. The number of aryl methyl sites for hydroxylation is 1. The lowest BCUT2D eigenvalue weighted by molar-refractivity contribution is -0.153. The minimum absolute atomic E-state index is 0.239. The maximum atomic E-state index is 12.5. The number of nitrogens with zero attached hydrogens (tertiary/aromatic N) is 2. The molecular weight excluding hydrogens is 357 g/mol. The van der Waals surface area contributed by atoms with Gasteiger partial charge in [0.15, 0.2) is 12.6 Å². The normalized spacial score (nSPS) is 18.6. The smallest absolute Gasteiger partial charge is 0.422 e. The highest BCUT2D eigenvalue weighted by Crippen LogP contribution is 2.23. The number of likely N-dealkylation sites (N-methyl/N-ethyl adjacent to an activating group) is 1. The molecule has 0 aliphatic carbocycles. The van der Waals surface area contributed by atoms with Crippen molar-refractivity contribution in [2.24, 2.45) is 4.99 Å². The van der Waals surface area contributed by atoms with Crippen molar-refractivity contribution in [1.29, 1.82) is 0 Å². The number of nitrogens with one attached hydrogen (secondary N) is 2. The molecule has 1 aliphatic rings. The van der Waals surface area contributed by atoms with Crippen LogP contribution in [-0.2, 0) is 6.54 Å². The van der Waals surface area contributed by atoms with Crippen molar-refractivity contribution in [3.63, 3.8) is 0 Å². The number of aliphatic imine (C=N–C) groups is 1. The second-order valence-corrected chi connectivity index (χ2v) is 6.75. The summed E-state index contributed by atoms with van der Waals surface area (Å²) >= 11 is 0. The molecule has 1 heterocycles. The first kappa shape index (κ1) is 21.3. The van der Waals surface area contributed by atoms with E-state index in [4.69, 9.17) is 4.74 Å². The number of likely N-dealkylation sites (tertiary alicyclic amines) is 1. The van der Waals surface area contributed by atoms with Gasteiger partial charge in [-0.05, 0) is 44.5 Å². The molecule has 5 nitrogen and oxygen atoms in total. The summed E-state index contributed by atoms with van der Waals surface area (Å²) in [5.74, 6) is 0.864. The SMILES string of the molecule is CCN1CCCC1CNC(=NC)NCc1ccc(C)cc1OCC(F)(F)F. The fourth-order valence-corrected chi connectivity index (χ4v) is 3.26. The van der Waals surface area contributed by atoms with Crippen LogP contribution in [0.1, 0.15) is 30.9 Å². The van der Waals surface area contributed by atoms with E-state index < -0.39 is 12.8 Å². The number of alkyl halides is 3. The predicted octanol–water partition coefficient (Wildman–Crippen LogP) is 3.09. The Hall–Kier alpha value is -1.96. The highest BCUT2D eigenvalue weighted by molar-refractivity contribution is 5.79. The third-order valence-electron chi connectivity index (χ3n) is 4.69. The average Bonchev–Trinajstić information content (AvgIpc) is 3.08. The molecule has 0 radical (unpaired) electrons. The van der Waals surface area contributed by atoms with Crippen molar-refractivity contribution in [2.45, 2.75) is 45.5 Å². The summed E-state index contributed by atoms with van der Waals surface area (Å²) in [5, 5.41) is 6.47. The van der Waals surface area contributed by atoms with Gasteiger partial charge in [0.2, 0.25) is 0 Å². The van der Waals surface area contributed by atoms with Crippen molar-refractivity contribution in [3.05, 3.63) is 29.3 Å². The van der Waals surface area contributed by atoms with Gasteiger partial charge in [-0.3, -0.25) is 9.89 Å². The van der Waals surface area contributed by atoms with Crippen LogP contribution in [0.2, 0.25) is 0 Å². The molecule has 2 rings (SSSR count). The van der Waals surface area contributed by atoms with E-state index >= 15 is 0 Å². The maximum absolute atomic E-state index is 12.5. The van der Waals surface area contributed by atoms with E-state index in [0.717, 1.165) is 31.6 Å². The van der Waals surface area contributed by atoms with Crippen LogP contribution in [0.4, 0.5) is 13.2 Å². The van der Waals surface area contributed by atoms with E-state index in [1.54, 1.807) is 19.2 Å². The van der Waals surface area contributed by atoms with Crippen LogP contribution in [0, 0.1) is 6.92 Å². The van der Waals surface area contributed by atoms with E-state index in [-0.39, 0.29) is 5.75 Å². The zero-order valence-electron chi connectivity index (χ0n) is 16.2. The molecule has 1 aromatic carbocycles. The van der Waals surface area contributed by atoms with E-state index in [2.05, 4.69) is 27.4 Å². The number of hydrogen-bond donors (Lipinski definition) is 2. The van der Waals surface area contributed by atoms with Gasteiger partial charge >= 0.3 is 6.18 Å². The Morgan fingerprint density at radius 3 is 2.78 bits per heavy atom.